The first kappa shape index (κ1) is 16.6. The quantitative estimate of drug-likeness (QED) is 0.928. The molecular weight excluding hydrogens is 292 g/mol. The highest BCUT2D eigenvalue weighted by Crippen LogP contribution is 2.26. The number of ether oxygens (including phenoxy) is 1. The number of pyridine rings is 1. The molecule has 0 unspecified atom stereocenters. The van der Waals surface area contributed by atoms with Crippen molar-refractivity contribution in [3.63, 3.8) is 0 Å². The van der Waals surface area contributed by atoms with E-state index in [-0.39, 0.29) is 12.6 Å². The van der Waals surface area contributed by atoms with Gasteiger partial charge in [0.05, 0.1) is 12.6 Å². The van der Waals surface area contributed by atoms with Crippen LogP contribution in [0.1, 0.15) is 31.0 Å². The Hall–Kier alpha value is -1.76. The van der Waals surface area contributed by atoms with Crippen molar-refractivity contribution in [1.29, 1.82) is 0 Å². The second-order valence-corrected chi connectivity index (χ2v) is 5.49. The van der Waals surface area contributed by atoms with Crippen LogP contribution in [0.15, 0.2) is 18.5 Å². The number of aromatic nitrogens is 1. The molecule has 2 heterocycles. The number of hydrogen-bond acceptors (Lipinski definition) is 3. The molecule has 2 rings (SSSR count). The molecule has 122 valence electrons. The molecule has 2 atom stereocenters. The summed E-state index contributed by atoms with van der Waals surface area (Å²) in [5, 5.41) is 2.35. The van der Waals surface area contributed by atoms with E-state index < -0.39 is 24.6 Å². The smallest absolute Gasteiger partial charge is 0.318 e. The van der Waals surface area contributed by atoms with Crippen LogP contribution in [0.25, 0.3) is 0 Å². The van der Waals surface area contributed by atoms with Crippen molar-refractivity contribution in [2.24, 2.45) is 0 Å². The van der Waals surface area contributed by atoms with Gasteiger partial charge >= 0.3 is 6.03 Å². The van der Waals surface area contributed by atoms with Gasteiger partial charge in [0, 0.05) is 19.4 Å². The maximum atomic E-state index is 13.5. The van der Waals surface area contributed by atoms with Crippen molar-refractivity contribution >= 4 is 6.03 Å². The number of carbonyl (C=O) groups excluding carboxylic acids is 1. The van der Waals surface area contributed by atoms with Crippen molar-refractivity contribution < 1.29 is 18.3 Å². The Morgan fingerprint density at radius 2 is 2.36 bits per heavy atom. The van der Waals surface area contributed by atoms with Crippen LogP contribution in [0.5, 0.6) is 0 Å². The second kappa shape index (κ2) is 6.56. The monoisotopic (exact) mass is 313 g/mol. The Labute approximate surface area is 128 Å². The number of carbonyl (C=O) groups is 1. The SMILES string of the molecule is CCc1cnccc1[C@@H](C)N(C)C(=O)N[C@H]1COCC1(F)F. The summed E-state index contributed by atoms with van der Waals surface area (Å²) >= 11 is 0. The van der Waals surface area contributed by atoms with Crippen LogP contribution in [0.2, 0.25) is 0 Å². The van der Waals surface area contributed by atoms with Crippen molar-refractivity contribution in [2.75, 3.05) is 20.3 Å². The summed E-state index contributed by atoms with van der Waals surface area (Å²) in [5.74, 6) is -3.02. The van der Waals surface area contributed by atoms with Crippen molar-refractivity contribution in [3.8, 4) is 0 Å². The minimum absolute atomic E-state index is 0.170. The van der Waals surface area contributed by atoms with E-state index in [9.17, 15) is 13.6 Å². The molecule has 22 heavy (non-hydrogen) atoms. The second-order valence-electron chi connectivity index (χ2n) is 5.49. The van der Waals surface area contributed by atoms with Crippen LogP contribution in [0.4, 0.5) is 13.6 Å². The molecule has 1 saturated heterocycles. The van der Waals surface area contributed by atoms with E-state index in [1.165, 1.54) is 4.90 Å². The first-order chi connectivity index (χ1) is 10.4. The van der Waals surface area contributed by atoms with Crippen LogP contribution in [-0.2, 0) is 11.2 Å². The van der Waals surface area contributed by atoms with E-state index in [0.717, 1.165) is 17.5 Å². The maximum Gasteiger partial charge on any atom is 0.318 e. The van der Waals surface area contributed by atoms with Crippen molar-refractivity contribution in [2.45, 2.75) is 38.3 Å². The average molecular weight is 313 g/mol. The molecule has 1 aromatic rings. The lowest BCUT2D eigenvalue weighted by Gasteiger charge is -2.29. The summed E-state index contributed by atoms with van der Waals surface area (Å²) in [6, 6.07) is -0.214. The number of alkyl halides is 2. The molecule has 1 aromatic heterocycles. The Bertz CT molecular complexity index is 539. The Morgan fingerprint density at radius 1 is 1.64 bits per heavy atom. The molecule has 0 radical (unpaired) electrons. The molecule has 7 heteroatoms. The van der Waals surface area contributed by atoms with E-state index in [2.05, 4.69) is 10.3 Å². The minimum atomic E-state index is -3.02. The van der Waals surface area contributed by atoms with Gasteiger partial charge in [-0.2, -0.15) is 0 Å². The third kappa shape index (κ3) is 3.35. The van der Waals surface area contributed by atoms with Gasteiger partial charge < -0.3 is 15.0 Å². The molecule has 5 nitrogen and oxygen atoms in total. The molecule has 2 amide bonds. The molecule has 1 fully saturated rings. The summed E-state index contributed by atoms with van der Waals surface area (Å²) in [6.45, 7) is 3.04. The van der Waals surface area contributed by atoms with Crippen LogP contribution < -0.4 is 5.32 Å². The number of aryl methyl sites for hydroxylation is 1. The fourth-order valence-corrected chi connectivity index (χ4v) is 2.46. The summed E-state index contributed by atoms with van der Waals surface area (Å²) in [7, 11) is 1.59. The van der Waals surface area contributed by atoms with Crippen LogP contribution >= 0.6 is 0 Å². The molecule has 0 bridgehead atoms. The van der Waals surface area contributed by atoms with Gasteiger partial charge in [0.25, 0.3) is 5.92 Å². The number of amides is 2. The fraction of sp³-hybridized carbons (Fsp3) is 0.600. The van der Waals surface area contributed by atoms with E-state index in [0.29, 0.717) is 0 Å². The van der Waals surface area contributed by atoms with Crippen LogP contribution in [0.3, 0.4) is 0 Å². The molecule has 0 aliphatic carbocycles. The summed E-state index contributed by atoms with van der Waals surface area (Å²) < 4.78 is 31.8. The number of nitrogens with zero attached hydrogens (tertiary/aromatic N) is 2. The molecule has 1 N–H and O–H groups in total. The van der Waals surface area contributed by atoms with Gasteiger partial charge in [-0.25, -0.2) is 13.6 Å². The zero-order valence-electron chi connectivity index (χ0n) is 13.0. The number of rotatable bonds is 4. The molecule has 0 aromatic carbocycles. The van der Waals surface area contributed by atoms with Gasteiger partial charge in [-0.05, 0) is 30.5 Å². The zero-order valence-corrected chi connectivity index (χ0v) is 13.0. The summed E-state index contributed by atoms with van der Waals surface area (Å²) in [4.78, 5) is 17.7. The van der Waals surface area contributed by atoms with Gasteiger partial charge in [0.15, 0.2) is 0 Å². The normalized spacial score (nSPS) is 21.4. The number of halogens is 2. The largest absolute Gasteiger partial charge is 0.373 e. The molecular formula is C15H21F2N3O2. The zero-order chi connectivity index (χ0) is 16.3. The molecule has 1 aliphatic rings. The predicted molar refractivity (Wildman–Crippen MR) is 77.9 cm³/mol. The number of urea groups is 1. The number of nitrogens with one attached hydrogen (secondary N) is 1. The van der Waals surface area contributed by atoms with Gasteiger partial charge in [0.2, 0.25) is 0 Å². The molecule has 1 aliphatic heterocycles. The first-order valence-electron chi connectivity index (χ1n) is 7.28. The van der Waals surface area contributed by atoms with Crippen LogP contribution in [-0.4, -0.2) is 48.1 Å². The van der Waals surface area contributed by atoms with Crippen molar-refractivity contribution in [3.05, 3.63) is 29.6 Å². The topological polar surface area (TPSA) is 54.5 Å². The number of hydrogen-bond donors (Lipinski definition) is 1. The highest BCUT2D eigenvalue weighted by Gasteiger charge is 2.46. The summed E-state index contributed by atoms with van der Waals surface area (Å²) in [5.41, 5.74) is 1.99. The third-order valence-corrected chi connectivity index (χ3v) is 4.06. The first-order valence-corrected chi connectivity index (χ1v) is 7.28. The lowest BCUT2D eigenvalue weighted by atomic mass is 10.0. The Balaban J connectivity index is 2.07. The third-order valence-electron chi connectivity index (χ3n) is 4.06. The van der Waals surface area contributed by atoms with Gasteiger partial charge in [-0.3, -0.25) is 4.98 Å². The minimum Gasteiger partial charge on any atom is -0.373 e. The molecule has 0 spiro atoms. The van der Waals surface area contributed by atoms with Crippen molar-refractivity contribution in [1.82, 2.24) is 15.2 Å². The lowest BCUT2D eigenvalue weighted by molar-refractivity contribution is -0.0223. The standard InChI is InChI=1S/C15H21F2N3O2/c1-4-11-7-18-6-5-12(11)10(2)20(3)14(21)19-13-8-22-9-15(13,16)17/h5-7,10,13H,4,8-9H2,1-3H3,(H,19,21)/t10-,13+/m1/s1. The van der Waals surface area contributed by atoms with Gasteiger partial charge in [-0.1, -0.05) is 6.92 Å². The van der Waals surface area contributed by atoms with E-state index in [4.69, 9.17) is 4.74 Å². The Kier molecular flexibility index (Phi) is 4.95. The Morgan fingerprint density at radius 3 is 2.95 bits per heavy atom. The van der Waals surface area contributed by atoms with Gasteiger partial charge in [0.1, 0.15) is 12.6 Å². The van der Waals surface area contributed by atoms with Crippen LogP contribution in [0, 0.1) is 0 Å². The lowest BCUT2D eigenvalue weighted by Crippen LogP contribution is -2.51. The average Bonchev–Trinajstić information content (AvgIpc) is 2.84. The summed E-state index contributed by atoms with van der Waals surface area (Å²) in [6.07, 6.45) is 4.21. The van der Waals surface area contributed by atoms with E-state index >= 15 is 0 Å². The maximum absolute atomic E-state index is 13.5. The highest BCUT2D eigenvalue weighted by molar-refractivity contribution is 5.75. The predicted octanol–water partition coefficient (Wildman–Crippen LogP) is 2.38. The fourth-order valence-electron chi connectivity index (χ4n) is 2.46. The molecule has 0 saturated carbocycles. The van der Waals surface area contributed by atoms with Gasteiger partial charge in [-0.15, -0.1) is 0 Å². The van der Waals surface area contributed by atoms with E-state index in [1.807, 2.05) is 19.9 Å². The van der Waals surface area contributed by atoms with E-state index in [1.54, 1.807) is 19.4 Å². The highest BCUT2D eigenvalue weighted by atomic mass is 19.3.